The van der Waals surface area contributed by atoms with E-state index in [4.69, 9.17) is 9.47 Å². The third kappa shape index (κ3) is 5.89. The molecule has 0 aromatic heterocycles. The predicted molar refractivity (Wildman–Crippen MR) is 106 cm³/mol. The maximum absolute atomic E-state index is 5.43. The molecule has 2 rings (SSSR count). The van der Waals surface area contributed by atoms with Crippen LogP contribution in [0.15, 0.2) is 27.7 Å². The summed E-state index contributed by atoms with van der Waals surface area (Å²) in [5.41, 5.74) is 1.43. The van der Waals surface area contributed by atoms with Gasteiger partial charge in [0.2, 0.25) is 0 Å². The van der Waals surface area contributed by atoms with E-state index in [-0.39, 0.29) is 0 Å². The van der Waals surface area contributed by atoms with E-state index in [0.29, 0.717) is 12.0 Å². The Hall–Kier alpha value is -1.27. The highest BCUT2D eigenvalue weighted by atomic mass is 79.9. The lowest BCUT2D eigenvalue weighted by Gasteiger charge is -2.30. The van der Waals surface area contributed by atoms with Gasteiger partial charge in [0.05, 0.1) is 7.11 Å². The number of hydrogen-bond donors (Lipinski definition) is 2. The summed E-state index contributed by atoms with van der Waals surface area (Å²) in [5.74, 6) is 1.70. The van der Waals surface area contributed by atoms with Gasteiger partial charge < -0.3 is 20.1 Å². The number of benzene rings is 1. The van der Waals surface area contributed by atoms with Gasteiger partial charge in [0.15, 0.2) is 5.96 Å². The monoisotopic (exact) mass is 411 g/mol. The average Bonchev–Trinajstić information content (AvgIpc) is 3.09. The first-order valence-electron chi connectivity index (χ1n) is 8.88. The van der Waals surface area contributed by atoms with E-state index in [0.717, 1.165) is 41.3 Å². The lowest BCUT2D eigenvalue weighted by molar-refractivity contribution is 0.138. The first-order valence-corrected chi connectivity index (χ1v) is 9.68. The maximum atomic E-state index is 5.43. The van der Waals surface area contributed by atoms with Crippen molar-refractivity contribution in [1.82, 2.24) is 10.6 Å². The van der Waals surface area contributed by atoms with Gasteiger partial charge in [-0.05, 0) is 42.9 Å². The van der Waals surface area contributed by atoms with Crippen LogP contribution in [0.4, 0.5) is 0 Å². The van der Waals surface area contributed by atoms with E-state index >= 15 is 0 Å². The number of nitrogens with zero attached hydrogens (tertiary/aromatic N) is 1. The largest absolute Gasteiger partial charge is 0.496 e. The molecule has 0 unspecified atom stereocenters. The highest BCUT2D eigenvalue weighted by Crippen LogP contribution is 2.40. The van der Waals surface area contributed by atoms with Gasteiger partial charge in [-0.15, -0.1) is 0 Å². The minimum atomic E-state index is 0.334. The Morgan fingerprint density at radius 1 is 1.24 bits per heavy atom. The van der Waals surface area contributed by atoms with Gasteiger partial charge in [-0.25, -0.2) is 0 Å². The smallest absolute Gasteiger partial charge is 0.191 e. The molecular formula is C19H30BrN3O2. The van der Waals surface area contributed by atoms with Gasteiger partial charge >= 0.3 is 0 Å². The molecule has 0 aliphatic heterocycles. The van der Waals surface area contributed by atoms with Crippen molar-refractivity contribution >= 4 is 21.9 Å². The molecule has 2 N–H and O–H groups in total. The van der Waals surface area contributed by atoms with E-state index in [1.165, 1.54) is 25.7 Å². The number of guanidine groups is 1. The Morgan fingerprint density at radius 3 is 2.64 bits per heavy atom. The highest BCUT2D eigenvalue weighted by molar-refractivity contribution is 9.10. The third-order valence-corrected chi connectivity index (χ3v) is 5.54. The number of ether oxygens (including phenoxy) is 2. The molecule has 0 saturated heterocycles. The van der Waals surface area contributed by atoms with Gasteiger partial charge in [0, 0.05) is 43.9 Å². The second kappa shape index (κ2) is 10.0. The Balaban J connectivity index is 1.91. The molecule has 6 heteroatoms. The normalized spacial score (nSPS) is 16.7. The lowest BCUT2D eigenvalue weighted by Crippen LogP contribution is -2.43. The number of hydrogen-bond acceptors (Lipinski definition) is 3. The quantitative estimate of drug-likeness (QED) is 0.505. The van der Waals surface area contributed by atoms with E-state index in [2.05, 4.69) is 37.6 Å². The molecule has 1 aromatic rings. The second-order valence-corrected chi connectivity index (χ2v) is 7.60. The summed E-state index contributed by atoms with van der Waals surface area (Å²) in [4.78, 5) is 4.36. The molecule has 25 heavy (non-hydrogen) atoms. The number of nitrogens with one attached hydrogen (secondary N) is 2. The van der Waals surface area contributed by atoms with Crippen LogP contribution in [0, 0.1) is 5.41 Å². The molecule has 5 nitrogen and oxygen atoms in total. The number of aliphatic imine (C=N–C) groups is 1. The number of rotatable bonds is 8. The molecule has 1 saturated carbocycles. The van der Waals surface area contributed by atoms with E-state index in [9.17, 15) is 0 Å². The van der Waals surface area contributed by atoms with Crippen molar-refractivity contribution in [2.24, 2.45) is 10.4 Å². The van der Waals surface area contributed by atoms with E-state index < -0.39 is 0 Å². The molecule has 0 bridgehead atoms. The van der Waals surface area contributed by atoms with Crippen LogP contribution in [0.5, 0.6) is 5.75 Å². The molecule has 0 heterocycles. The van der Waals surface area contributed by atoms with E-state index in [1.807, 2.05) is 19.2 Å². The topological polar surface area (TPSA) is 54.9 Å². The predicted octanol–water partition coefficient (Wildman–Crippen LogP) is 3.72. The Bertz CT molecular complexity index is 572. The van der Waals surface area contributed by atoms with Crippen LogP contribution in [0.25, 0.3) is 0 Å². The molecule has 0 spiro atoms. The SMILES string of the molecule is CN=C(NCc1cc(Br)ccc1OC)NCC1(CCOC)CCCC1. The summed E-state index contributed by atoms with van der Waals surface area (Å²) < 4.78 is 11.8. The van der Waals surface area contributed by atoms with E-state index in [1.54, 1.807) is 14.2 Å². The summed E-state index contributed by atoms with van der Waals surface area (Å²) in [7, 11) is 5.28. The molecule has 140 valence electrons. The first-order chi connectivity index (χ1) is 12.1. The minimum Gasteiger partial charge on any atom is -0.496 e. The molecule has 0 atom stereocenters. The van der Waals surface area contributed by atoms with Gasteiger partial charge in [-0.3, -0.25) is 4.99 Å². The Kier molecular flexibility index (Phi) is 8.03. The van der Waals surface area contributed by atoms with Crippen molar-refractivity contribution in [2.45, 2.75) is 38.6 Å². The minimum absolute atomic E-state index is 0.334. The van der Waals surface area contributed by atoms with Crippen LogP contribution in [-0.2, 0) is 11.3 Å². The third-order valence-electron chi connectivity index (χ3n) is 5.04. The molecule has 1 aliphatic rings. The standard InChI is InChI=1S/C19H30BrN3O2/c1-21-18(22-13-15-12-16(20)6-7-17(15)25-3)23-14-19(10-11-24-2)8-4-5-9-19/h6-7,12H,4-5,8-11,13-14H2,1-3H3,(H2,21,22,23). The van der Waals surface area contributed by atoms with Crippen LogP contribution in [-0.4, -0.2) is 40.4 Å². The number of methoxy groups -OCH3 is 2. The Morgan fingerprint density at radius 2 is 2.00 bits per heavy atom. The second-order valence-electron chi connectivity index (χ2n) is 6.69. The lowest BCUT2D eigenvalue weighted by atomic mass is 9.83. The van der Waals surface area contributed by atoms with Crippen molar-refractivity contribution in [3.8, 4) is 5.75 Å². The average molecular weight is 412 g/mol. The molecule has 0 amide bonds. The van der Waals surface area contributed by atoms with Crippen molar-refractivity contribution < 1.29 is 9.47 Å². The van der Waals surface area contributed by atoms with Gasteiger partial charge in [-0.1, -0.05) is 28.8 Å². The van der Waals surface area contributed by atoms with Gasteiger partial charge in [0.1, 0.15) is 5.75 Å². The zero-order valence-electron chi connectivity index (χ0n) is 15.5. The van der Waals surface area contributed by atoms with Gasteiger partial charge in [-0.2, -0.15) is 0 Å². The fourth-order valence-electron chi connectivity index (χ4n) is 3.51. The summed E-state index contributed by atoms with van der Waals surface area (Å²) in [6.45, 7) is 2.42. The summed E-state index contributed by atoms with van der Waals surface area (Å²) in [6, 6.07) is 6.01. The summed E-state index contributed by atoms with van der Waals surface area (Å²) in [6.07, 6.45) is 6.26. The van der Waals surface area contributed by atoms with Crippen molar-refractivity contribution in [3.05, 3.63) is 28.2 Å². The van der Waals surface area contributed by atoms with Crippen LogP contribution in [0.3, 0.4) is 0 Å². The molecule has 1 fully saturated rings. The summed E-state index contributed by atoms with van der Waals surface area (Å²) in [5, 5.41) is 6.91. The highest BCUT2D eigenvalue weighted by Gasteiger charge is 2.33. The van der Waals surface area contributed by atoms with Crippen LogP contribution in [0.2, 0.25) is 0 Å². The molecule has 1 aliphatic carbocycles. The summed E-state index contributed by atoms with van der Waals surface area (Å²) >= 11 is 3.52. The van der Waals surface area contributed by atoms with Crippen molar-refractivity contribution in [1.29, 1.82) is 0 Å². The zero-order chi connectivity index (χ0) is 18.1. The molecular weight excluding hydrogens is 382 g/mol. The van der Waals surface area contributed by atoms with Gasteiger partial charge in [0.25, 0.3) is 0 Å². The van der Waals surface area contributed by atoms with Crippen LogP contribution in [0.1, 0.15) is 37.7 Å². The molecule has 0 radical (unpaired) electrons. The first kappa shape index (κ1) is 20.0. The number of halogens is 1. The molecule has 1 aromatic carbocycles. The maximum Gasteiger partial charge on any atom is 0.191 e. The van der Waals surface area contributed by atoms with Crippen molar-refractivity contribution in [2.75, 3.05) is 34.4 Å². The Labute approximate surface area is 159 Å². The van der Waals surface area contributed by atoms with Crippen molar-refractivity contribution in [3.63, 3.8) is 0 Å². The van der Waals surface area contributed by atoms with Crippen LogP contribution < -0.4 is 15.4 Å². The fourth-order valence-corrected chi connectivity index (χ4v) is 3.92. The van der Waals surface area contributed by atoms with Crippen LogP contribution >= 0.6 is 15.9 Å². The fraction of sp³-hybridized carbons (Fsp3) is 0.632. The zero-order valence-corrected chi connectivity index (χ0v) is 17.1.